The zero-order chi connectivity index (χ0) is 14.4. The molecule has 0 aliphatic heterocycles. The molecule has 110 valence electrons. The van der Waals surface area contributed by atoms with E-state index in [0.29, 0.717) is 17.9 Å². The van der Waals surface area contributed by atoms with Crippen LogP contribution in [0.25, 0.3) is 11.2 Å². The van der Waals surface area contributed by atoms with Crippen molar-refractivity contribution in [2.45, 2.75) is 52.5 Å². The van der Waals surface area contributed by atoms with Crippen LogP contribution in [0.5, 0.6) is 0 Å². The molecule has 3 atom stereocenters. The molecule has 2 heterocycles. The number of hydrogen-bond acceptors (Lipinski definition) is 3. The number of rotatable bonds is 3. The van der Waals surface area contributed by atoms with Crippen molar-refractivity contribution in [1.29, 1.82) is 0 Å². The first-order valence-corrected chi connectivity index (χ1v) is 7.73. The summed E-state index contributed by atoms with van der Waals surface area (Å²) in [6.07, 6.45) is 4.50. The van der Waals surface area contributed by atoms with Crippen LogP contribution in [0.3, 0.4) is 0 Å². The van der Waals surface area contributed by atoms with Gasteiger partial charge < -0.3 is 5.73 Å². The van der Waals surface area contributed by atoms with Gasteiger partial charge in [0.05, 0.1) is 5.69 Å². The largest absolute Gasteiger partial charge is 0.369 e. The quantitative estimate of drug-likeness (QED) is 0.937. The number of aryl methyl sites for hydroxylation is 2. The summed E-state index contributed by atoms with van der Waals surface area (Å²) in [5, 5.41) is 4.63. The fourth-order valence-corrected chi connectivity index (χ4v) is 3.65. The van der Waals surface area contributed by atoms with E-state index >= 15 is 0 Å². The molecule has 1 fully saturated rings. The fourth-order valence-electron chi connectivity index (χ4n) is 3.65. The number of hydrogen-bond donors (Lipinski definition) is 1. The third kappa shape index (κ3) is 1.83. The van der Waals surface area contributed by atoms with Crippen LogP contribution in [0, 0.1) is 11.8 Å². The topological polar surface area (TPSA) is 61.7 Å². The van der Waals surface area contributed by atoms with Gasteiger partial charge in [0.15, 0.2) is 5.65 Å². The van der Waals surface area contributed by atoms with Gasteiger partial charge in [-0.1, -0.05) is 27.2 Å². The minimum absolute atomic E-state index is 0.458. The first kappa shape index (κ1) is 13.5. The Bertz CT molecular complexity index is 624. The van der Waals surface area contributed by atoms with E-state index < -0.39 is 0 Å². The summed E-state index contributed by atoms with van der Waals surface area (Å²) in [5.41, 5.74) is 9.40. The van der Waals surface area contributed by atoms with E-state index in [1.807, 2.05) is 11.7 Å². The minimum atomic E-state index is 0.458. The van der Waals surface area contributed by atoms with Crippen LogP contribution in [0.1, 0.15) is 51.8 Å². The number of nitrogens with two attached hydrogens (primary N) is 1. The Morgan fingerprint density at radius 3 is 2.65 bits per heavy atom. The Hall–Kier alpha value is -1.52. The van der Waals surface area contributed by atoms with E-state index in [0.717, 1.165) is 35.6 Å². The molecule has 0 radical (unpaired) electrons. The molecule has 20 heavy (non-hydrogen) atoms. The molecule has 2 aromatic rings. The molecule has 0 bridgehead atoms. The second-order valence-corrected chi connectivity index (χ2v) is 6.31. The Morgan fingerprint density at radius 2 is 2.05 bits per heavy atom. The summed E-state index contributed by atoms with van der Waals surface area (Å²) >= 11 is 0. The minimum Gasteiger partial charge on any atom is -0.369 e. The number of anilines is 1. The standard InChI is InChI=1S/C15H25N5/c1-5-6-11-13-14(19(4)18-11)20(15(16)17-13)12-8-7-9(2)10(12)3/h9-10,12H,5-8H2,1-4H3,(H2,16,17). The van der Waals surface area contributed by atoms with Crippen LogP contribution in [0.2, 0.25) is 0 Å². The third-order valence-electron chi connectivity index (χ3n) is 5.00. The summed E-state index contributed by atoms with van der Waals surface area (Å²) in [4.78, 5) is 4.61. The van der Waals surface area contributed by atoms with Gasteiger partial charge in [0.1, 0.15) is 5.52 Å². The van der Waals surface area contributed by atoms with Crippen molar-refractivity contribution in [1.82, 2.24) is 19.3 Å². The van der Waals surface area contributed by atoms with Crippen molar-refractivity contribution in [3.05, 3.63) is 5.69 Å². The fraction of sp³-hybridized carbons (Fsp3) is 0.733. The predicted octanol–water partition coefficient (Wildman–Crippen LogP) is 2.91. The molecule has 0 spiro atoms. The van der Waals surface area contributed by atoms with Crippen LogP contribution in [-0.2, 0) is 13.5 Å². The van der Waals surface area contributed by atoms with Crippen LogP contribution in [0.15, 0.2) is 0 Å². The summed E-state index contributed by atoms with van der Waals surface area (Å²) in [6, 6.07) is 0.458. The van der Waals surface area contributed by atoms with Crippen molar-refractivity contribution in [2.24, 2.45) is 18.9 Å². The molecule has 5 heteroatoms. The predicted molar refractivity (Wildman–Crippen MR) is 81.5 cm³/mol. The maximum Gasteiger partial charge on any atom is 0.202 e. The van der Waals surface area contributed by atoms with Gasteiger partial charge in [0.25, 0.3) is 0 Å². The monoisotopic (exact) mass is 275 g/mol. The second-order valence-electron chi connectivity index (χ2n) is 6.31. The van der Waals surface area contributed by atoms with E-state index in [4.69, 9.17) is 5.73 Å². The highest BCUT2D eigenvalue weighted by Crippen LogP contribution is 2.42. The lowest BCUT2D eigenvalue weighted by atomic mass is 9.98. The van der Waals surface area contributed by atoms with Crippen LogP contribution in [-0.4, -0.2) is 19.3 Å². The molecule has 3 rings (SSSR count). The summed E-state index contributed by atoms with van der Waals surface area (Å²) in [7, 11) is 2.00. The molecule has 1 aliphatic carbocycles. The molecule has 2 aromatic heterocycles. The Morgan fingerprint density at radius 1 is 1.30 bits per heavy atom. The highest BCUT2D eigenvalue weighted by atomic mass is 15.4. The van der Waals surface area contributed by atoms with Gasteiger partial charge >= 0.3 is 0 Å². The van der Waals surface area contributed by atoms with Gasteiger partial charge in [-0.3, -0.25) is 9.25 Å². The smallest absolute Gasteiger partial charge is 0.202 e. The molecule has 0 aromatic carbocycles. The summed E-state index contributed by atoms with van der Waals surface area (Å²) in [5.74, 6) is 2.04. The summed E-state index contributed by atoms with van der Waals surface area (Å²) < 4.78 is 4.19. The normalized spacial score (nSPS) is 26.7. The molecule has 0 saturated heterocycles. The highest BCUT2D eigenvalue weighted by Gasteiger charge is 2.34. The highest BCUT2D eigenvalue weighted by molar-refractivity contribution is 5.78. The van der Waals surface area contributed by atoms with Crippen molar-refractivity contribution in [3.63, 3.8) is 0 Å². The number of nitrogens with zero attached hydrogens (tertiary/aromatic N) is 4. The molecule has 2 N–H and O–H groups in total. The molecule has 0 amide bonds. The molecule has 3 unspecified atom stereocenters. The molecular formula is C15H25N5. The Balaban J connectivity index is 2.14. The maximum atomic E-state index is 6.23. The third-order valence-corrected chi connectivity index (χ3v) is 5.00. The van der Waals surface area contributed by atoms with Crippen molar-refractivity contribution >= 4 is 17.1 Å². The van der Waals surface area contributed by atoms with Gasteiger partial charge in [-0.2, -0.15) is 5.10 Å². The lowest BCUT2D eigenvalue weighted by Crippen LogP contribution is -2.18. The van der Waals surface area contributed by atoms with E-state index in [9.17, 15) is 0 Å². The Labute approximate surface area is 120 Å². The lowest BCUT2D eigenvalue weighted by molar-refractivity contribution is 0.358. The summed E-state index contributed by atoms with van der Waals surface area (Å²) in [6.45, 7) is 6.83. The number of imidazole rings is 1. The SMILES string of the molecule is CCCc1nn(C)c2c1nc(N)n2C1CCC(C)C1C. The average molecular weight is 275 g/mol. The zero-order valence-corrected chi connectivity index (χ0v) is 12.9. The number of aromatic nitrogens is 4. The first-order chi connectivity index (χ1) is 9.54. The lowest BCUT2D eigenvalue weighted by Gasteiger charge is -2.21. The number of fused-ring (bicyclic) bond motifs is 1. The van der Waals surface area contributed by atoms with Crippen LogP contribution < -0.4 is 5.73 Å². The first-order valence-electron chi connectivity index (χ1n) is 7.73. The van der Waals surface area contributed by atoms with Gasteiger partial charge in [0, 0.05) is 13.1 Å². The number of nitrogen functional groups attached to an aromatic ring is 1. The van der Waals surface area contributed by atoms with Crippen LogP contribution >= 0.6 is 0 Å². The van der Waals surface area contributed by atoms with Crippen molar-refractivity contribution in [2.75, 3.05) is 5.73 Å². The molecule has 1 saturated carbocycles. The van der Waals surface area contributed by atoms with E-state index in [2.05, 4.69) is 35.4 Å². The van der Waals surface area contributed by atoms with E-state index in [1.54, 1.807) is 0 Å². The van der Waals surface area contributed by atoms with Crippen molar-refractivity contribution in [3.8, 4) is 0 Å². The van der Waals surface area contributed by atoms with Crippen molar-refractivity contribution < 1.29 is 0 Å². The van der Waals surface area contributed by atoms with Crippen LogP contribution in [0.4, 0.5) is 5.95 Å². The van der Waals surface area contributed by atoms with Gasteiger partial charge in [-0.15, -0.1) is 0 Å². The average Bonchev–Trinajstić information content (AvgIpc) is 2.99. The zero-order valence-electron chi connectivity index (χ0n) is 12.9. The second kappa shape index (κ2) is 4.79. The van der Waals surface area contributed by atoms with E-state index in [-0.39, 0.29) is 0 Å². The Kier molecular flexibility index (Phi) is 3.22. The molecule has 5 nitrogen and oxygen atoms in total. The van der Waals surface area contributed by atoms with Gasteiger partial charge in [-0.05, 0) is 31.1 Å². The van der Waals surface area contributed by atoms with Gasteiger partial charge in [-0.25, -0.2) is 4.98 Å². The molecule has 1 aliphatic rings. The van der Waals surface area contributed by atoms with E-state index in [1.165, 1.54) is 12.8 Å². The molecular weight excluding hydrogens is 250 g/mol. The van der Waals surface area contributed by atoms with Gasteiger partial charge in [0.2, 0.25) is 5.95 Å². The maximum absolute atomic E-state index is 6.23.